The minimum absolute atomic E-state index is 0.0835. The van der Waals surface area contributed by atoms with Crippen molar-refractivity contribution < 1.29 is 20.4 Å². The highest BCUT2D eigenvalue weighted by molar-refractivity contribution is 5.81. The van der Waals surface area contributed by atoms with Crippen LogP contribution < -0.4 is 0 Å². The standard InChI is InChI=1S/C35H34O4/c1-3-6-23-10-12-24(13-11-23)35(25-14-17-32(37)29(20-25)27-7-4-5-8-31(27)36)26-15-18-33(38)30(21-26)28-16-9-22(2)19-34(28)39/h4-5,7-18,20-22,35-39H,3,6,19H2,1-2H3. The van der Waals surface area contributed by atoms with Gasteiger partial charge in [-0.25, -0.2) is 0 Å². The summed E-state index contributed by atoms with van der Waals surface area (Å²) in [7, 11) is 0. The topological polar surface area (TPSA) is 80.9 Å². The van der Waals surface area contributed by atoms with E-state index in [4.69, 9.17) is 0 Å². The fraction of sp³-hybridized carbons (Fsp3) is 0.200. The molecule has 0 bridgehead atoms. The molecule has 0 heterocycles. The van der Waals surface area contributed by atoms with E-state index in [1.807, 2.05) is 49.4 Å². The van der Waals surface area contributed by atoms with Crippen molar-refractivity contribution in [3.05, 3.63) is 131 Å². The molecule has 4 N–H and O–H groups in total. The van der Waals surface area contributed by atoms with Gasteiger partial charge in [0.25, 0.3) is 0 Å². The number of aliphatic hydroxyl groups excluding tert-OH is 1. The molecule has 1 aliphatic rings. The first-order valence-electron chi connectivity index (χ1n) is 13.5. The predicted molar refractivity (Wildman–Crippen MR) is 157 cm³/mol. The summed E-state index contributed by atoms with van der Waals surface area (Å²) >= 11 is 0. The second-order valence-corrected chi connectivity index (χ2v) is 10.4. The lowest BCUT2D eigenvalue weighted by Crippen LogP contribution is -2.06. The quantitative estimate of drug-likeness (QED) is 0.185. The maximum absolute atomic E-state index is 10.8. The number of benzene rings is 4. The van der Waals surface area contributed by atoms with Gasteiger partial charge in [-0.3, -0.25) is 0 Å². The molecule has 0 fully saturated rings. The Morgan fingerprint density at radius 3 is 1.92 bits per heavy atom. The van der Waals surface area contributed by atoms with Crippen molar-refractivity contribution >= 4 is 5.57 Å². The molecule has 0 radical (unpaired) electrons. The van der Waals surface area contributed by atoms with Crippen molar-refractivity contribution in [1.82, 2.24) is 0 Å². The Hall–Kier alpha value is -4.44. The van der Waals surface area contributed by atoms with Gasteiger partial charge in [-0.05, 0) is 64.9 Å². The van der Waals surface area contributed by atoms with Crippen LogP contribution in [-0.4, -0.2) is 20.4 Å². The van der Waals surface area contributed by atoms with E-state index >= 15 is 0 Å². The molecule has 39 heavy (non-hydrogen) atoms. The number of phenols is 3. The van der Waals surface area contributed by atoms with Gasteiger partial charge in [-0.2, -0.15) is 0 Å². The van der Waals surface area contributed by atoms with E-state index in [0.29, 0.717) is 28.7 Å². The van der Waals surface area contributed by atoms with Gasteiger partial charge in [0.05, 0.1) is 0 Å². The van der Waals surface area contributed by atoms with Gasteiger partial charge in [0.1, 0.15) is 23.0 Å². The van der Waals surface area contributed by atoms with E-state index in [-0.39, 0.29) is 34.8 Å². The molecule has 0 aromatic heterocycles. The number of hydrogen-bond acceptors (Lipinski definition) is 4. The second kappa shape index (κ2) is 11.1. The number of allylic oxidation sites excluding steroid dienone is 4. The third kappa shape index (κ3) is 5.42. The summed E-state index contributed by atoms with van der Waals surface area (Å²) in [6.45, 7) is 4.21. The molecular formula is C35H34O4. The van der Waals surface area contributed by atoms with Crippen molar-refractivity contribution in [1.29, 1.82) is 0 Å². The molecule has 2 atom stereocenters. The lowest BCUT2D eigenvalue weighted by molar-refractivity contribution is 0.372. The molecule has 0 saturated heterocycles. The molecule has 4 aromatic carbocycles. The Morgan fingerprint density at radius 2 is 1.28 bits per heavy atom. The van der Waals surface area contributed by atoms with Crippen molar-refractivity contribution in [2.45, 2.75) is 39.0 Å². The molecular weight excluding hydrogens is 484 g/mol. The van der Waals surface area contributed by atoms with Crippen molar-refractivity contribution in [3.8, 4) is 28.4 Å². The number of hydrogen-bond donors (Lipinski definition) is 4. The van der Waals surface area contributed by atoms with E-state index < -0.39 is 0 Å². The first-order valence-corrected chi connectivity index (χ1v) is 13.5. The summed E-state index contributed by atoms with van der Waals surface area (Å²) < 4.78 is 0. The molecule has 0 aliphatic heterocycles. The zero-order valence-electron chi connectivity index (χ0n) is 22.3. The highest BCUT2D eigenvalue weighted by Crippen LogP contribution is 2.42. The molecule has 198 valence electrons. The van der Waals surface area contributed by atoms with Crippen molar-refractivity contribution in [2.75, 3.05) is 0 Å². The Kier molecular flexibility index (Phi) is 7.47. The molecule has 0 spiro atoms. The zero-order valence-corrected chi connectivity index (χ0v) is 22.3. The van der Waals surface area contributed by atoms with Gasteiger partial charge in [0.15, 0.2) is 0 Å². The van der Waals surface area contributed by atoms with Crippen LogP contribution in [0.2, 0.25) is 0 Å². The molecule has 1 aliphatic carbocycles. The molecule has 4 nitrogen and oxygen atoms in total. The number of para-hydroxylation sites is 1. The van der Waals surface area contributed by atoms with Crippen molar-refractivity contribution in [2.24, 2.45) is 5.92 Å². The minimum Gasteiger partial charge on any atom is -0.512 e. The SMILES string of the molecule is CCCc1ccc(C(c2ccc(O)c(C3=C(O)CC(C)C=C3)c2)c2ccc(O)c(-c3ccccc3O)c2)cc1. The Balaban J connectivity index is 1.68. The summed E-state index contributed by atoms with van der Waals surface area (Å²) in [5.74, 6) is 0.567. The Bertz CT molecular complexity index is 1550. The molecule has 5 rings (SSSR count). The van der Waals surface area contributed by atoms with Gasteiger partial charge in [-0.1, -0.05) is 87.0 Å². The van der Waals surface area contributed by atoms with E-state index in [2.05, 4.69) is 31.2 Å². The highest BCUT2D eigenvalue weighted by Gasteiger charge is 2.23. The Labute approximate surface area is 229 Å². The van der Waals surface area contributed by atoms with Gasteiger partial charge in [0, 0.05) is 34.6 Å². The maximum Gasteiger partial charge on any atom is 0.123 e. The van der Waals surface area contributed by atoms with Crippen LogP contribution >= 0.6 is 0 Å². The van der Waals surface area contributed by atoms with Gasteiger partial charge < -0.3 is 20.4 Å². The molecule has 2 unspecified atom stereocenters. The van der Waals surface area contributed by atoms with E-state index in [9.17, 15) is 20.4 Å². The van der Waals surface area contributed by atoms with Gasteiger partial charge in [-0.15, -0.1) is 0 Å². The third-order valence-electron chi connectivity index (χ3n) is 7.46. The van der Waals surface area contributed by atoms with Gasteiger partial charge in [0.2, 0.25) is 0 Å². The molecule has 4 heteroatoms. The largest absolute Gasteiger partial charge is 0.512 e. The molecule has 0 saturated carbocycles. The number of phenolic OH excluding ortho intramolecular Hbond substituents is 3. The summed E-state index contributed by atoms with van der Waals surface area (Å²) in [6.07, 6.45) is 6.52. The smallest absolute Gasteiger partial charge is 0.123 e. The predicted octanol–water partition coefficient (Wildman–Crippen LogP) is 8.47. The second-order valence-electron chi connectivity index (χ2n) is 10.4. The maximum atomic E-state index is 10.8. The lowest BCUT2D eigenvalue weighted by atomic mass is 9.81. The monoisotopic (exact) mass is 518 g/mol. The van der Waals surface area contributed by atoms with E-state index in [1.54, 1.807) is 30.3 Å². The van der Waals surface area contributed by atoms with E-state index in [0.717, 1.165) is 29.5 Å². The van der Waals surface area contributed by atoms with Crippen LogP contribution in [0.15, 0.2) is 103 Å². The Morgan fingerprint density at radius 1 is 0.692 bits per heavy atom. The van der Waals surface area contributed by atoms with Crippen LogP contribution in [0.4, 0.5) is 0 Å². The van der Waals surface area contributed by atoms with Gasteiger partial charge >= 0.3 is 0 Å². The van der Waals surface area contributed by atoms with Crippen LogP contribution in [-0.2, 0) is 6.42 Å². The fourth-order valence-electron chi connectivity index (χ4n) is 5.43. The average Bonchev–Trinajstić information content (AvgIpc) is 2.92. The third-order valence-corrected chi connectivity index (χ3v) is 7.46. The van der Waals surface area contributed by atoms with Crippen LogP contribution in [0.3, 0.4) is 0 Å². The van der Waals surface area contributed by atoms with Crippen LogP contribution in [0.1, 0.15) is 60.4 Å². The molecule has 4 aromatic rings. The van der Waals surface area contributed by atoms with E-state index in [1.165, 1.54) is 5.56 Å². The van der Waals surface area contributed by atoms with Crippen molar-refractivity contribution in [3.63, 3.8) is 0 Å². The summed E-state index contributed by atoms with van der Waals surface area (Å²) in [4.78, 5) is 0. The van der Waals surface area contributed by atoms with Crippen LogP contribution in [0, 0.1) is 5.92 Å². The first kappa shape index (κ1) is 26.2. The average molecular weight is 519 g/mol. The summed E-state index contributed by atoms with van der Waals surface area (Å²) in [6, 6.07) is 26.5. The molecule has 0 amide bonds. The van der Waals surface area contributed by atoms with Crippen LogP contribution in [0.5, 0.6) is 17.2 Å². The summed E-state index contributed by atoms with van der Waals surface area (Å²) in [5.41, 5.74) is 6.50. The highest BCUT2D eigenvalue weighted by atomic mass is 16.3. The zero-order chi connectivity index (χ0) is 27.5. The van der Waals surface area contributed by atoms with Crippen LogP contribution in [0.25, 0.3) is 16.7 Å². The first-order chi connectivity index (χ1) is 18.9. The number of aliphatic hydroxyl groups is 1. The minimum atomic E-state index is -0.223. The number of rotatable bonds is 7. The lowest BCUT2D eigenvalue weighted by Gasteiger charge is -2.23. The normalized spacial score (nSPS) is 15.9. The number of aromatic hydroxyl groups is 3. The fourth-order valence-corrected chi connectivity index (χ4v) is 5.43. The summed E-state index contributed by atoms with van der Waals surface area (Å²) in [5, 5.41) is 42.8. The number of aryl methyl sites for hydroxylation is 1.